The lowest BCUT2D eigenvalue weighted by molar-refractivity contribution is -0.122. The average molecular weight is 420 g/mol. The zero-order chi connectivity index (χ0) is 20.6. The predicted molar refractivity (Wildman–Crippen MR) is 112 cm³/mol. The van der Waals surface area contributed by atoms with Crippen molar-refractivity contribution in [3.8, 4) is 5.69 Å². The van der Waals surface area contributed by atoms with Gasteiger partial charge in [-0.1, -0.05) is 29.3 Å². The summed E-state index contributed by atoms with van der Waals surface area (Å²) in [5.41, 5.74) is 0.315. The van der Waals surface area contributed by atoms with E-state index in [9.17, 15) is 14.4 Å². The molecule has 0 spiro atoms. The highest BCUT2D eigenvalue weighted by atomic mass is 35.5. The first kappa shape index (κ1) is 20.2. The number of halogens is 2. The van der Waals surface area contributed by atoms with Gasteiger partial charge in [0, 0.05) is 16.1 Å². The van der Waals surface area contributed by atoms with Gasteiger partial charge >= 0.3 is 5.69 Å². The molecular weight excluding hydrogens is 401 g/mol. The highest BCUT2D eigenvalue weighted by Gasteiger charge is 2.17. The van der Waals surface area contributed by atoms with Gasteiger partial charge in [-0.3, -0.25) is 14.2 Å². The molecule has 0 aliphatic rings. The number of benzene rings is 2. The van der Waals surface area contributed by atoms with Gasteiger partial charge in [0.2, 0.25) is 5.91 Å². The number of hydrogen-bond donors (Lipinski definition) is 1. The Morgan fingerprint density at radius 1 is 1.11 bits per heavy atom. The van der Waals surface area contributed by atoms with Crippen LogP contribution in [-0.2, 0) is 11.3 Å². The third kappa shape index (κ3) is 3.84. The van der Waals surface area contributed by atoms with Gasteiger partial charge < -0.3 is 5.32 Å². The number of hydrogen-bond acceptors (Lipinski definition) is 3. The fourth-order valence-corrected chi connectivity index (χ4v) is 3.29. The van der Waals surface area contributed by atoms with Crippen molar-refractivity contribution in [2.75, 3.05) is 0 Å². The first-order valence-electron chi connectivity index (χ1n) is 8.70. The summed E-state index contributed by atoms with van der Waals surface area (Å²) in [7, 11) is 0. The van der Waals surface area contributed by atoms with Crippen molar-refractivity contribution >= 4 is 40.0 Å². The fraction of sp³-hybridized carbons (Fsp3) is 0.250. The number of nitrogens with one attached hydrogen (secondary N) is 1. The van der Waals surface area contributed by atoms with Crippen LogP contribution in [0.5, 0.6) is 0 Å². The Hall–Kier alpha value is -2.57. The van der Waals surface area contributed by atoms with Crippen LogP contribution in [0.15, 0.2) is 46.0 Å². The van der Waals surface area contributed by atoms with Crippen molar-refractivity contribution in [2.45, 2.75) is 33.4 Å². The molecule has 28 heavy (non-hydrogen) atoms. The normalized spacial score (nSPS) is 11.2. The first-order chi connectivity index (χ1) is 13.2. The molecule has 1 aromatic heterocycles. The molecule has 1 amide bonds. The van der Waals surface area contributed by atoms with Crippen molar-refractivity contribution in [3.05, 3.63) is 72.8 Å². The molecule has 6 nitrogen and oxygen atoms in total. The molecule has 0 atom stereocenters. The number of amides is 1. The van der Waals surface area contributed by atoms with E-state index >= 15 is 0 Å². The third-order valence-electron chi connectivity index (χ3n) is 4.27. The molecule has 1 N–H and O–H groups in total. The van der Waals surface area contributed by atoms with Gasteiger partial charge in [0.1, 0.15) is 6.54 Å². The smallest absolute Gasteiger partial charge is 0.336 e. The maximum Gasteiger partial charge on any atom is 0.336 e. The number of rotatable bonds is 4. The summed E-state index contributed by atoms with van der Waals surface area (Å²) < 4.78 is 2.26. The Balaban J connectivity index is 2.32. The van der Waals surface area contributed by atoms with Crippen LogP contribution in [0.3, 0.4) is 0 Å². The van der Waals surface area contributed by atoms with Crippen LogP contribution in [0.4, 0.5) is 0 Å². The van der Waals surface area contributed by atoms with E-state index in [1.807, 2.05) is 20.8 Å². The molecule has 8 heteroatoms. The quantitative estimate of drug-likeness (QED) is 0.704. The third-order valence-corrected chi connectivity index (χ3v) is 4.91. The number of carbonyl (C=O) groups excluding carboxylic acids is 1. The minimum absolute atomic E-state index is 0.0835. The maximum absolute atomic E-state index is 13.2. The van der Waals surface area contributed by atoms with Crippen molar-refractivity contribution in [1.29, 1.82) is 0 Å². The molecule has 0 saturated carbocycles. The second-order valence-electron chi connectivity index (χ2n) is 6.83. The largest absolute Gasteiger partial charge is 0.352 e. The number of nitrogens with zero attached hydrogens (tertiary/aromatic N) is 2. The average Bonchev–Trinajstić information content (AvgIpc) is 2.61. The lowest BCUT2D eigenvalue weighted by Crippen LogP contribution is -2.42. The SMILES string of the molecule is Cc1ccc(-n2c(=O)c3ccc(Cl)cc3n(CC(=O)NC(C)C)c2=O)cc1Cl. The summed E-state index contributed by atoms with van der Waals surface area (Å²) >= 11 is 12.3. The van der Waals surface area contributed by atoms with Crippen LogP contribution in [0.2, 0.25) is 10.0 Å². The summed E-state index contributed by atoms with van der Waals surface area (Å²) in [4.78, 5) is 38.6. The van der Waals surface area contributed by atoms with Crippen LogP contribution < -0.4 is 16.6 Å². The van der Waals surface area contributed by atoms with Crippen molar-refractivity contribution in [3.63, 3.8) is 0 Å². The van der Waals surface area contributed by atoms with Crippen LogP contribution in [0, 0.1) is 6.92 Å². The Bertz CT molecular complexity index is 1200. The van der Waals surface area contributed by atoms with E-state index in [1.165, 1.54) is 10.6 Å². The van der Waals surface area contributed by atoms with Gasteiger partial charge in [-0.05, 0) is 56.7 Å². The van der Waals surface area contributed by atoms with Crippen LogP contribution in [0.25, 0.3) is 16.6 Å². The second kappa shape index (κ2) is 7.81. The van der Waals surface area contributed by atoms with E-state index in [0.717, 1.165) is 10.1 Å². The van der Waals surface area contributed by atoms with E-state index in [-0.39, 0.29) is 23.9 Å². The molecule has 0 fully saturated rings. The first-order valence-corrected chi connectivity index (χ1v) is 9.45. The summed E-state index contributed by atoms with van der Waals surface area (Å²) in [6.45, 7) is 5.23. The van der Waals surface area contributed by atoms with Crippen molar-refractivity contribution in [1.82, 2.24) is 14.5 Å². The van der Waals surface area contributed by atoms with Crippen molar-refractivity contribution < 1.29 is 4.79 Å². The van der Waals surface area contributed by atoms with E-state index in [4.69, 9.17) is 23.2 Å². The van der Waals surface area contributed by atoms with Gasteiger partial charge in [-0.15, -0.1) is 0 Å². The molecule has 0 aliphatic carbocycles. The molecule has 2 aromatic carbocycles. The van der Waals surface area contributed by atoms with E-state index in [1.54, 1.807) is 30.3 Å². The summed E-state index contributed by atoms with van der Waals surface area (Å²) in [6, 6.07) is 9.47. The monoisotopic (exact) mass is 419 g/mol. The Labute approximate surface area is 171 Å². The predicted octanol–water partition coefficient (Wildman–Crippen LogP) is 3.29. The molecule has 3 rings (SSSR count). The number of carbonyl (C=O) groups is 1. The maximum atomic E-state index is 13.2. The Morgan fingerprint density at radius 3 is 2.46 bits per heavy atom. The molecule has 1 heterocycles. The Morgan fingerprint density at radius 2 is 1.82 bits per heavy atom. The zero-order valence-corrected chi connectivity index (χ0v) is 17.1. The van der Waals surface area contributed by atoms with Crippen LogP contribution in [-0.4, -0.2) is 21.1 Å². The number of fused-ring (bicyclic) bond motifs is 1. The van der Waals surface area contributed by atoms with Crippen LogP contribution >= 0.6 is 23.2 Å². The summed E-state index contributed by atoms with van der Waals surface area (Å²) in [5.74, 6) is -0.342. The molecule has 0 bridgehead atoms. The highest BCUT2D eigenvalue weighted by molar-refractivity contribution is 6.31. The molecule has 0 aliphatic heterocycles. The lowest BCUT2D eigenvalue weighted by Gasteiger charge is -2.15. The van der Waals surface area contributed by atoms with Gasteiger partial charge in [-0.25, -0.2) is 9.36 Å². The van der Waals surface area contributed by atoms with E-state index in [2.05, 4.69) is 5.32 Å². The summed E-state index contributed by atoms with van der Waals surface area (Å²) in [5, 5.41) is 3.82. The van der Waals surface area contributed by atoms with E-state index in [0.29, 0.717) is 21.2 Å². The fourth-order valence-electron chi connectivity index (χ4n) is 2.95. The van der Waals surface area contributed by atoms with Crippen LogP contribution in [0.1, 0.15) is 19.4 Å². The summed E-state index contributed by atoms with van der Waals surface area (Å²) in [6.07, 6.45) is 0. The molecule has 146 valence electrons. The number of aromatic nitrogens is 2. The topological polar surface area (TPSA) is 73.1 Å². The van der Waals surface area contributed by atoms with Gasteiger partial charge in [0.25, 0.3) is 5.56 Å². The van der Waals surface area contributed by atoms with Gasteiger partial charge in [0.15, 0.2) is 0 Å². The Kier molecular flexibility index (Phi) is 5.63. The molecule has 0 radical (unpaired) electrons. The molecule has 0 saturated heterocycles. The van der Waals surface area contributed by atoms with Gasteiger partial charge in [0.05, 0.1) is 16.6 Å². The second-order valence-corrected chi connectivity index (χ2v) is 7.67. The molecule has 3 aromatic rings. The molecule has 0 unspecified atom stereocenters. The van der Waals surface area contributed by atoms with E-state index < -0.39 is 11.2 Å². The minimum atomic E-state index is -0.640. The molecular formula is C20H19Cl2N3O3. The number of aryl methyl sites for hydroxylation is 1. The van der Waals surface area contributed by atoms with Crippen molar-refractivity contribution in [2.24, 2.45) is 0 Å². The minimum Gasteiger partial charge on any atom is -0.352 e. The standard InChI is InChI=1S/C20H19Cl2N3O3/c1-11(2)23-18(26)10-24-17-8-13(21)5-7-15(17)19(27)25(20(24)28)14-6-4-12(3)16(22)9-14/h4-9,11H,10H2,1-3H3,(H,23,26). The zero-order valence-electron chi connectivity index (χ0n) is 15.6. The lowest BCUT2D eigenvalue weighted by atomic mass is 10.2. The van der Waals surface area contributed by atoms with Gasteiger partial charge in [-0.2, -0.15) is 0 Å². The highest BCUT2D eigenvalue weighted by Crippen LogP contribution is 2.20.